The molecule has 1 aliphatic rings. The Bertz CT molecular complexity index is 677. The third-order valence-electron chi connectivity index (χ3n) is 4.20. The minimum absolute atomic E-state index is 0.184. The maximum absolute atomic E-state index is 12.3. The van der Waals surface area contributed by atoms with Crippen LogP contribution in [-0.2, 0) is 0 Å². The van der Waals surface area contributed by atoms with Crippen molar-refractivity contribution in [2.45, 2.75) is 6.92 Å². The van der Waals surface area contributed by atoms with Gasteiger partial charge in [-0.15, -0.1) is 0 Å². The van der Waals surface area contributed by atoms with Crippen LogP contribution in [0.3, 0.4) is 0 Å². The van der Waals surface area contributed by atoms with Gasteiger partial charge >= 0.3 is 0 Å². The number of aromatic nitrogens is 1. The second kappa shape index (κ2) is 7.06. The smallest absolute Gasteiger partial charge is 0.272 e. The third-order valence-corrected chi connectivity index (χ3v) is 4.42. The molecular weight excluding hydrogens is 312 g/mol. The largest absolute Gasteiger partial charge is 0.367 e. The topological polar surface area (TPSA) is 51.4 Å². The van der Waals surface area contributed by atoms with Crippen LogP contribution in [0, 0.1) is 0 Å². The molecule has 1 aromatic heterocycles. The summed E-state index contributed by atoms with van der Waals surface area (Å²) in [6, 6.07) is 9.55. The third kappa shape index (κ3) is 3.68. The summed E-state index contributed by atoms with van der Waals surface area (Å²) in [5, 5.41) is 3.51. The highest BCUT2D eigenvalue weighted by molar-refractivity contribution is 6.31. The van der Waals surface area contributed by atoms with Gasteiger partial charge in [0.1, 0.15) is 5.69 Å². The lowest BCUT2D eigenvalue weighted by atomic mass is 10.2. The number of carbonyl (C=O) groups is 1. The number of carbonyl (C=O) groups excluding carboxylic acids is 1. The Balaban J connectivity index is 1.74. The van der Waals surface area contributed by atoms with Crippen LogP contribution in [0.5, 0.6) is 0 Å². The number of anilines is 2. The van der Waals surface area contributed by atoms with Crippen LogP contribution in [0.2, 0.25) is 5.02 Å². The van der Waals surface area contributed by atoms with Crippen LogP contribution in [0.15, 0.2) is 36.5 Å². The number of hydrogen-bond acceptors (Lipinski definition) is 3. The number of H-pyrrole nitrogens is 1. The highest BCUT2D eigenvalue weighted by Crippen LogP contribution is 2.27. The fourth-order valence-corrected chi connectivity index (χ4v) is 3.01. The highest BCUT2D eigenvalue weighted by Gasteiger charge is 2.19. The van der Waals surface area contributed by atoms with Crippen molar-refractivity contribution in [3.63, 3.8) is 0 Å². The van der Waals surface area contributed by atoms with E-state index in [1.54, 1.807) is 12.3 Å². The molecule has 2 heterocycles. The van der Waals surface area contributed by atoms with Crippen molar-refractivity contribution in [3.8, 4) is 0 Å². The fraction of sp³-hybridized carbons (Fsp3) is 0.353. The summed E-state index contributed by atoms with van der Waals surface area (Å²) in [6.45, 7) is 7.30. The van der Waals surface area contributed by atoms with Gasteiger partial charge < -0.3 is 20.1 Å². The van der Waals surface area contributed by atoms with Gasteiger partial charge in [-0.25, -0.2) is 0 Å². The first kappa shape index (κ1) is 15.9. The van der Waals surface area contributed by atoms with E-state index < -0.39 is 0 Å². The molecule has 1 fully saturated rings. The molecular formula is C17H21ClN4O. The lowest BCUT2D eigenvalue weighted by Crippen LogP contribution is -2.46. The number of amides is 1. The number of nitrogens with one attached hydrogen (secondary N) is 2. The van der Waals surface area contributed by atoms with Crippen LogP contribution in [0.4, 0.5) is 11.4 Å². The standard InChI is InChI=1S/C17H21ClN4O/c1-2-21-7-9-22(10-8-21)16-6-4-3-5-14(16)20-17(23)15-11-13(18)12-19-15/h3-6,11-12,19H,2,7-10H2,1H3,(H,20,23). The number of para-hydroxylation sites is 2. The Kier molecular flexibility index (Phi) is 4.88. The number of piperazine rings is 1. The van der Waals surface area contributed by atoms with Crippen molar-refractivity contribution in [1.29, 1.82) is 0 Å². The average molecular weight is 333 g/mol. The van der Waals surface area contributed by atoms with E-state index in [-0.39, 0.29) is 5.91 Å². The average Bonchev–Trinajstić information content (AvgIpc) is 3.02. The lowest BCUT2D eigenvalue weighted by molar-refractivity contribution is 0.102. The van der Waals surface area contributed by atoms with Gasteiger partial charge in [-0.2, -0.15) is 0 Å². The Hall–Kier alpha value is -1.98. The number of benzene rings is 1. The monoisotopic (exact) mass is 332 g/mol. The quantitative estimate of drug-likeness (QED) is 0.904. The zero-order valence-corrected chi connectivity index (χ0v) is 13.9. The summed E-state index contributed by atoms with van der Waals surface area (Å²) in [4.78, 5) is 20.0. The van der Waals surface area contributed by atoms with E-state index in [0.29, 0.717) is 10.7 Å². The van der Waals surface area contributed by atoms with Gasteiger partial charge in [0, 0.05) is 32.4 Å². The van der Waals surface area contributed by atoms with E-state index in [2.05, 4.69) is 33.1 Å². The van der Waals surface area contributed by atoms with E-state index in [4.69, 9.17) is 11.6 Å². The SMILES string of the molecule is CCN1CCN(c2ccccc2NC(=O)c2cc(Cl)c[nH]2)CC1. The van der Waals surface area contributed by atoms with Crippen molar-refractivity contribution in [2.75, 3.05) is 42.9 Å². The van der Waals surface area contributed by atoms with Gasteiger partial charge in [0.15, 0.2) is 0 Å². The molecule has 0 unspecified atom stereocenters. The number of halogens is 1. The van der Waals surface area contributed by atoms with Crippen LogP contribution in [0.25, 0.3) is 0 Å². The van der Waals surface area contributed by atoms with Gasteiger partial charge in [-0.1, -0.05) is 30.7 Å². The summed E-state index contributed by atoms with van der Waals surface area (Å²) in [7, 11) is 0. The van der Waals surface area contributed by atoms with Crippen molar-refractivity contribution < 1.29 is 4.79 Å². The van der Waals surface area contributed by atoms with Crippen LogP contribution < -0.4 is 10.2 Å². The Labute approximate surface area is 141 Å². The summed E-state index contributed by atoms with van der Waals surface area (Å²) >= 11 is 5.86. The van der Waals surface area contributed by atoms with E-state index in [1.165, 1.54) is 0 Å². The molecule has 0 radical (unpaired) electrons. The Morgan fingerprint density at radius 1 is 1.26 bits per heavy atom. The molecule has 0 saturated carbocycles. The van der Waals surface area contributed by atoms with E-state index >= 15 is 0 Å². The van der Waals surface area contributed by atoms with Gasteiger partial charge in [-0.3, -0.25) is 4.79 Å². The molecule has 1 aromatic carbocycles. The van der Waals surface area contributed by atoms with Crippen LogP contribution in [0.1, 0.15) is 17.4 Å². The molecule has 0 spiro atoms. The summed E-state index contributed by atoms with van der Waals surface area (Å²) in [6.07, 6.45) is 1.60. The minimum atomic E-state index is -0.184. The van der Waals surface area contributed by atoms with Gasteiger partial charge in [0.25, 0.3) is 5.91 Å². The Morgan fingerprint density at radius 3 is 2.65 bits per heavy atom. The van der Waals surface area contributed by atoms with Gasteiger partial charge in [-0.05, 0) is 24.7 Å². The van der Waals surface area contributed by atoms with E-state index in [1.807, 2.05) is 18.2 Å². The molecule has 6 heteroatoms. The molecule has 5 nitrogen and oxygen atoms in total. The van der Waals surface area contributed by atoms with Crippen molar-refractivity contribution in [2.24, 2.45) is 0 Å². The zero-order chi connectivity index (χ0) is 16.2. The molecule has 1 aliphatic heterocycles. The fourth-order valence-electron chi connectivity index (χ4n) is 2.85. The first-order valence-corrected chi connectivity index (χ1v) is 8.26. The Morgan fingerprint density at radius 2 is 2.00 bits per heavy atom. The molecule has 0 bridgehead atoms. The van der Waals surface area contributed by atoms with Crippen molar-refractivity contribution in [1.82, 2.24) is 9.88 Å². The molecule has 2 N–H and O–H groups in total. The summed E-state index contributed by atoms with van der Waals surface area (Å²) in [5.41, 5.74) is 2.35. The molecule has 2 aromatic rings. The number of rotatable bonds is 4. The highest BCUT2D eigenvalue weighted by atomic mass is 35.5. The second-order valence-corrected chi connectivity index (χ2v) is 6.06. The first-order valence-electron chi connectivity index (χ1n) is 7.89. The molecule has 122 valence electrons. The summed E-state index contributed by atoms with van der Waals surface area (Å²) < 4.78 is 0. The number of nitrogens with zero attached hydrogens (tertiary/aromatic N) is 2. The molecule has 1 amide bonds. The van der Waals surface area contributed by atoms with Crippen molar-refractivity contribution >= 4 is 28.9 Å². The van der Waals surface area contributed by atoms with Crippen molar-refractivity contribution in [3.05, 3.63) is 47.2 Å². The summed E-state index contributed by atoms with van der Waals surface area (Å²) in [5.74, 6) is -0.184. The van der Waals surface area contributed by atoms with Gasteiger partial charge in [0.05, 0.1) is 16.4 Å². The molecule has 3 rings (SSSR count). The van der Waals surface area contributed by atoms with E-state index in [9.17, 15) is 4.79 Å². The second-order valence-electron chi connectivity index (χ2n) is 5.62. The predicted octanol–water partition coefficient (Wildman–Crippen LogP) is 3.06. The molecule has 1 saturated heterocycles. The minimum Gasteiger partial charge on any atom is -0.367 e. The van der Waals surface area contributed by atoms with Crippen LogP contribution in [-0.4, -0.2) is 48.5 Å². The normalized spacial score (nSPS) is 15.7. The lowest BCUT2D eigenvalue weighted by Gasteiger charge is -2.36. The predicted molar refractivity (Wildman–Crippen MR) is 94.5 cm³/mol. The zero-order valence-electron chi connectivity index (χ0n) is 13.2. The maximum Gasteiger partial charge on any atom is 0.272 e. The molecule has 0 atom stereocenters. The molecule has 23 heavy (non-hydrogen) atoms. The number of likely N-dealkylation sites (N-methyl/N-ethyl adjacent to an activating group) is 1. The maximum atomic E-state index is 12.3. The molecule has 0 aliphatic carbocycles. The van der Waals surface area contributed by atoms with E-state index in [0.717, 1.165) is 44.1 Å². The number of aromatic amines is 1. The number of hydrogen-bond donors (Lipinski definition) is 2. The first-order chi connectivity index (χ1) is 11.2. The van der Waals surface area contributed by atoms with Gasteiger partial charge in [0.2, 0.25) is 0 Å². The van der Waals surface area contributed by atoms with Crippen LogP contribution >= 0.6 is 11.6 Å².